The maximum atomic E-state index is 12.1. The molecule has 0 aromatic carbocycles. The number of likely N-dealkylation sites (N-methyl/N-ethyl adjacent to an activating group) is 1. The van der Waals surface area contributed by atoms with Crippen LogP contribution >= 0.6 is 11.3 Å². The van der Waals surface area contributed by atoms with Gasteiger partial charge in [-0.2, -0.15) is 0 Å². The van der Waals surface area contributed by atoms with Gasteiger partial charge in [0.1, 0.15) is 18.2 Å². The van der Waals surface area contributed by atoms with Gasteiger partial charge in [0.05, 0.1) is 12.6 Å². The third-order valence-electron chi connectivity index (χ3n) is 3.14. The number of hydrogen-bond acceptors (Lipinski definition) is 5. The molecule has 6 nitrogen and oxygen atoms in total. The predicted octanol–water partition coefficient (Wildman–Crippen LogP) is 1.42. The van der Waals surface area contributed by atoms with Crippen LogP contribution in [0.3, 0.4) is 0 Å². The zero-order valence-electron chi connectivity index (χ0n) is 11.3. The van der Waals surface area contributed by atoms with Gasteiger partial charge in [-0.1, -0.05) is 0 Å². The highest BCUT2D eigenvalue weighted by atomic mass is 32.1. The van der Waals surface area contributed by atoms with Crippen LogP contribution in [-0.2, 0) is 9.53 Å². The number of nitrogens with zero attached hydrogens (tertiary/aromatic N) is 3. The monoisotopic (exact) mass is 283 g/mol. The molecule has 0 N–H and O–H groups in total. The van der Waals surface area contributed by atoms with Gasteiger partial charge in [-0.05, 0) is 13.8 Å². The summed E-state index contributed by atoms with van der Waals surface area (Å²) in [4.78, 5) is 30.8. The van der Waals surface area contributed by atoms with Crippen molar-refractivity contribution in [3.8, 4) is 0 Å². The molecule has 7 heteroatoms. The fourth-order valence-electron chi connectivity index (χ4n) is 1.79. The Hall–Kier alpha value is -1.63. The number of aromatic nitrogens is 1. The number of thiazole rings is 1. The molecular formula is C12H17N3O3S. The van der Waals surface area contributed by atoms with Crippen molar-refractivity contribution in [1.29, 1.82) is 0 Å². The van der Waals surface area contributed by atoms with E-state index in [4.69, 9.17) is 4.74 Å². The molecule has 1 unspecified atom stereocenters. The highest BCUT2D eigenvalue weighted by Crippen LogP contribution is 2.22. The van der Waals surface area contributed by atoms with Crippen LogP contribution in [-0.4, -0.2) is 53.5 Å². The van der Waals surface area contributed by atoms with Crippen LogP contribution in [0.15, 0.2) is 5.38 Å². The van der Waals surface area contributed by atoms with Crippen molar-refractivity contribution in [2.75, 3.05) is 26.7 Å². The summed E-state index contributed by atoms with van der Waals surface area (Å²) in [6.45, 7) is 4.75. The number of amides is 2. The Morgan fingerprint density at radius 1 is 1.68 bits per heavy atom. The number of hydrogen-bond donors (Lipinski definition) is 0. The van der Waals surface area contributed by atoms with Crippen LogP contribution in [0.25, 0.3) is 0 Å². The second kappa shape index (κ2) is 5.56. The van der Waals surface area contributed by atoms with Gasteiger partial charge in [0.15, 0.2) is 0 Å². The highest BCUT2D eigenvalue weighted by molar-refractivity contribution is 7.09. The van der Waals surface area contributed by atoms with Crippen LogP contribution in [0.2, 0.25) is 0 Å². The molecule has 1 aromatic heterocycles. The van der Waals surface area contributed by atoms with Gasteiger partial charge in [0.2, 0.25) is 5.91 Å². The number of rotatable bonds is 4. The van der Waals surface area contributed by atoms with E-state index in [0.29, 0.717) is 13.2 Å². The van der Waals surface area contributed by atoms with Gasteiger partial charge >= 0.3 is 6.09 Å². The van der Waals surface area contributed by atoms with Crippen LogP contribution in [0.5, 0.6) is 0 Å². The Balaban J connectivity index is 1.96. The molecule has 2 amide bonds. The lowest BCUT2D eigenvalue weighted by molar-refractivity contribution is -0.132. The van der Waals surface area contributed by atoms with Gasteiger partial charge in [0.25, 0.3) is 0 Å². The molecule has 1 aliphatic heterocycles. The molecule has 19 heavy (non-hydrogen) atoms. The smallest absolute Gasteiger partial charge is 0.410 e. The summed E-state index contributed by atoms with van der Waals surface area (Å²) in [5.41, 5.74) is 0.954. The molecule has 1 fully saturated rings. The minimum atomic E-state index is -0.417. The number of cyclic esters (lactones) is 1. The molecule has 0 radical (unpaired) electrons. The number of aryl methyl sites for hydroxylation is 1. The molecule has 2 heterocycles. The quantitative estimate of drug-likeness (QED) is 0.838. The van der Waals surface area contributed by atoms with Crippen LogP contribution in [0.4, 0.5) is 4.79 Å². The third-order valence-corrected chi connectivity index (χ3v) is 4.27. The Kier molecular flexibility index (Phi) is 4.04. The van der Waals surface area contributed by atoms with Gasteiger partial charge in [-0.3, -0.25) is 9.69 Å². The fourth-order valence-corrected chi connectivity index (χ4v) is 2.69. The van der Waals surface area contributed by atoms with E-state index in [0.717, 1.165) is 10.7 Å². The Labute approximate surface area is 116 Å². The second-order valence-corrected chi connectivity index (χ2v) is 5.43. The third kappa shape index (κ3) is 3.04. The van der Waals surface area contributed by atoms with Gasteiger partial charge in [0, 0.05) is 18.1 Å². The van der Waals surface area contributed by atoms with E-state index < -0.39 is 6.09 Å². The molecule has 1 aromatic rings. The average molecular weight is 283 g/mol. The van der Waals surface area contributed by atoms with Gasteiger partial charge in [-0.15, -0.1) is 11.3 Å². The molecular weight excluding hydrogens is 266 g/mol. The van der Waals surface area contributed by atoms with Gasteiger partial charge < -0.3 is 9.64 Å². The minimum Gasteiger partial charge on any atom is -0.448 e. The number of carbonyl (C=O) groups is 2. The Morgan fingerprint density at radius 2 is 2.42 bits per heavy atom. The van der Waals surface area contributed by atoms with E-state index in [1.54, 1.807) is 11.9 Å². The summed E-state index contributed by atoms with van der Waals surface area (Å²) in [6, 6.07) is -0.0928. The lowest BCUT2D eigenvalue weighted by atomic mass is 10.3. The van der Waals surface area contributed by atoms with Crippen molar-refractivity contribution in [2.45, 2.75) is 19.9 Å². The summed E-state index contributed by atoms with van der Waals surface area (Å²) in [6.07, 6.45) is -0.417. The lowest BCUT2D eigenvalue weighted by Crippen LogP contribution is -2.39. The number of ether oxygens (including phenoxy) is 1. The summed E-state index contributed by atoms with van der Waals surface area (Å²) in [7, 11) is 1.73. The first-order valence-electron chi connectivity index (χ1n) is 6.08. The molecule has 1 atom stereocenters. The molecule has 0 aliphatic carbocycles. The van der Waals surface area contributed by atoms with E-state index in [1.807, 2.05) is 19.2 Å². The minimum absolute atomic E-state index is 0.0596. The maximum absolute atomic E-state index is 12.1. The van der Waals surface area contributed by atoms with Crippen molar-refractivity contribution in [2.24, 2.45) is 0 Å². The first-order chi connectivity index (χ1) is 8.99. The maximum Gasteiger partial charge on any atom is 0.410 e. The lowest BCUT2D eigenvalue weighted by Gasteiger charge is -2.25. The largest absolute Gasteiger partial charge is 0.448 e. The van der Waals surface area contributed by atoms with Crippen molar-refractivity contribution in [3.63, 3.8) is 0 Å². The molecule has 0 spiro atoms. The molecule has 0 bridgehead atoms. The molecule has 1 saturated heterocycles. The normalized spacial score (nSPS) is 16.4. The SMILES string of the molecule is Cc1csc(C(C)N(C)C(=O)CN2CCOC2=O)n1. The van der Waals surface area contributed by atoms with E-state index in [-0.39, 0.29) is 18.5 Å². The Morgan fingerprint density at radius 3 is 2.95 bits per heavy atom. The van der Waals surface area contributed by atoms with E-state index in [9.17, 15) is 9.59 Å². The molecule has 0 saturated carbocycles. The van der Waals surface area contributed by atoms with E-state index >= 15 is 0 Å². The molecule has 104 valence electrons. The van der Waals surface area contributed by atoms with Crippen molar-refractivity contribution in [1.82, 2.24) is 14.8 Å². The summed E-state index contributed by atoms with van der Waals surface area (Å²) in [5, 5.41) is 2.86. The highest BCUT2D eigenvalue weighted by Gasteiger charge is 2.27. The summed E-state index contributed by atoms with van der Waals surface area (Å²) >= 11 is 1.54. The van der Waals surface area contributed by atoms with Crippen molar-refractivity contribution >= 4 is 23.3 Å². The van der Waals surface area contributed by atoms with E-state index in [2.05, 4.69) is 4.98 Å². The standard InChI is InChI=1S/C12H17N3O3S/c1-8-7-19-11(13-8)9(2)14(3)10(16)6-15-4-5-18-12(15)17/h7,9H,4-6H2,1-3H3. The van der Waals surface area contributed by atoms with Gasteiger partial charge in [-0.25, -0.2) is 9.78 Å². The predicted molar refractivity (Wildman–Crippen MR) is 71.0 cm³/mol. The first kappa shape index (κ1) is 13.8. The molecule has 2 rings (SSSR count). The van der Waals surface area contributed by atoms with Crippen molar-refractivity contribution < 1.29 is 14.3 Å². The number of carbonyl (C=O) groups excluding carboxylic acids is 2. The fraction of sp³-hybridized carbons (Fsp3) is 0.583. The first-order valence-corrected chi connectivity index (χ1v) is 6.96. The van der Waals surface area contributed by atoms with Crippen LogP contribution in [0.1, 0.15) is 23.7 Å². The zero-order valence-corrected chi connectivity index (χ0v) is 12.1. The Bertz CT molecular complexity index is 488. The summed E-state index contributed by atoms with van der Waals surface area (Å²) < 4.78 is 4.80. The van der Waals surface area contributed by atoms with Crippen molar-refractivity contribution in [3.05, 3.63) is 16.1 Å². The zero-order chi connectivity index (χ0) is 14.0. The van der Waals surface area contributed by atoms with E-state index in [1.165, 1.54) is 16.2 Å². The van der Waals surface area contributed by atoms with Crippen LogP contribution < -0.4 is 0 Å². The van der Waals surface area contributed by atoms with Crippen LogP contribution in [0, 0.1) is 6.92 Å². The second-order valence-electron chi connectivity index (χ2n) is 4.54. The topological polar surface area (TPSA) is 62.7 Å². The summed E-state index contributed by atoms with van der Waals surface area (Å²) in [5.74, 6) is -0.112. The molecule has 1 aliphatic rings. The average Bonchev–Trinajstić information content (AvgIpc) is 2.97.